The Morgan fingerprint density at radius 3 is 2.95 bits per heavy atom. The Labute approximate surface area is 125 Å². The summed E-state index contributed by atoms with van der Waals surface area (Å²) in [5, 5.41) is 13.1. The number of hydrogen-bond donors (Lipinski definition) is 2. The molecule has 0 aliphatic carbocycles. The number of benzene rings is 1. The topological polar surface area (TPSA) is 53.6 Å². The normalized spacial score (nSPS) is 10.7. The first-order valence-electron chi connectivity index (χ1n) is 6.17. The second kappa shape index (κ2) is 5.64. The molecule has 6 heteroatoms. The smallest absolute Gasteiger partial charge is 0.181 e. The SMILES string of the molecule is Cc1nc(-c2cccc(NCc3cc(Cl)cs3)c2)n[nH]1. The molecule has 0 fully saturated rings. The van der Waals surface area contributed by atoms with E-state index in [1.165, 1.54) is 4.88 Å². The van der Waals surface area contributed by atoms with Gasteiger partial charge in [0.25, 0.3) is 0 Å². The molecule has 0 atom stereocenters. The van der Waals surface area contributed by atoms with Crippen molar-refractivity contribution in [2.45, 2.75) is 13.5 Å². The highest BCUT2D eigenvalue weighted by molar-refractivity contribution is 7.10. The van der Waals surface area contributed by atoms with Crippen molar-refractivity contribution in [3.8, 4) is 11.4 Å². The van der Waals surface area contributed by atoms with Crippen molar-refractivity contribution in [1.29, 1.82) is 0 Å². The summed E-state index contributed by atoms with van der Waals surface area (Å²) < 4.78 is 0. The Hall–Kier alpha value is -1.85. The predicted octanol–water partition coefficient (Wildman–Crippen LogP) is 4.11. The van der Waals surface area contributed by atoms with E-state index in [-0.39, 0.29) is 0 Å². The molecule has 1 aromatic carbocycles. The molecule has 0 aliphatic heterocycles. The third-order valence-corrected chi connectivity index (χ3v) is 4.09. The summed E-state index contributed by atoms with van der Waals surface area (Å²) in [5.74, 6) is 1.52. The summed E-state index contributed by atoms with van der Waals surface area (Å²) in [6.45, 7) is 2.65. The zero-order valence-electron chi connectivity index (χ0n) is 10.9. The number of halogens is 1. The summed E-state index contributed by atoms with van der Waals surface area (Å²) in [4.78, 5) is 5.54. The molecule has 0 saturated carbocycles. The van der Waals surface area contributed by atoms with Crippen molar-refractivity contribution < 1.29 is 0 Å². The summed E-state index contributed by atoms with van der Waals surface area (Å²) in [7, 11) is 0. The van der Waals surface area contributed by atoms with Crippen LogP contribution in [0.2, 0.25) is 5.02 Å². The first kappa shape index (κ1) is 13.1. The monoisotopic (exact) mass is 304 g/mol. The van der Waals surface area contributed by atoms with E-state index >= 15 is 0 Å². The van der Waals surface area contributed by atoms with Crippen molar-refractivity contribution in [1.82, 2.24) is 15.2 Å². The van der Waals surface area contributed by atoms with Crippen LogP contribution in [0.1, 0.15) is 10.7 Å². The minimum atomic E-state index is 0.713. The maximum Gasteiger partial charge on any atom is 0.181 e. The first-order chi connectivity index (χ1) is 9.70. The molecule has 2 heterocycles. The molecule has 102 valence electrons. The molecule has 0 aliphatic rings. The molecule has 0 radical (unpaired) electrons. The Kier molecular flexibility index (Phi) is 3.71. The van der Waals surface area contributed by atoms with Gasteiger partial charge in [-0.15, -0.1) is 11.3 Å². The maximum absolute atomic E-state index is 5.91. The summed E-state index contributed by atoms with van der Waals surface area (Å²) >= 11 is 7.56. The number of nitrogens with zero attached hydrogens (tertiary/aromatic N) is 2. The lowest BCUT2D eigenvalue weighted by Gasteiger charge is -2.05. The Bertz CT molecular complexity index is 719. The Balaban J connectivity index is 1.74. The molecule has 4 nitrogen and oxygen atoms in total. The second-order valence-corrected chi connectivity index (χ2v) is 5.84. The van der Waals surface area contributed by atoms with E-state index in [2.05, 4.69) is 20.5 Å². The van der Waals surface area contributed by atoms with Crippen molar-refractivity contribution >= 4 is 28.6 Å². The lowest BCUT2D eigenvalue weighted by atomic mass is 10.2. The van der Waals surface area contributed by atoms with Crippen LogP contribution >= 0.6 is 22.9 Å². The van der Waals surface area contributed by atoms with Gasteiger partial charge in [0.15, 0.2) is 5.82 Å². The number of aromatic nitrogens is 3. The quantitative estimate of drug-likeness (QED) is 0.762. The summed E-state index contributed by atoms with van der Waals surface area (Å²) in [6, 6.07) is 10.0. The number of rotatable bonds is 4. The van der Waals surface area contributed by atoms with E-state index < -0.39 is 0 Å². The van der Waals surface area contributed by atoms with Gasteiger partial charge in [-0.1, -0.05) is 23.7 Å². The van der Waals surface area contributed by atoms with E-state index in [9.17, 15) is 0 Å². The third-order valence-electron chi connectivity index (χ3n) is 2.81. The molecule has 3 aromatic rings. The molecular formula is C14H13ClN4S. The van der Waals surface area contributed by atoms with Gasteiger partial charge in [-0.3, -0.25) is 5.10 Å². The van der Waals surface area contributed by atoms with Crippen LogP contribution in [0.25, 0.3) is 11.4 Å². The highest BCUT2D eigenvalue weighted by Crippen LogP contribution is 2.22. The van der Waals surface area contributed by atoms with Crippen molar-refractivity contribution in [2.24, 2.45) is 0 Å². The standard InChI is InChI=1S/C14H13ClN4S/c1-9-17-14(19-18-9)10-3-2-4-12(5-10)16-7-13-6-11(15)8-20-13/h2-6,8,16H,7H2,1H3,(H,17,18,19). The number of aryl methyl sites for hydroxylation is 1. The van der Waals surface area contributed by atoms with Crippen LogP contribution < -0.4 is 5.32 Å². The van der Waals surface area contributed by atoms with E-state index in [0.717, 1.165) is 28.6 Å². The fourth-order valence-corrected chi connectivity index (χ4v) is 2.89. The molecule has 0 bridgehead atoms. The molecule has 0 saturated heterocycles. The van der Waals surface area contributed by atoms with E-state index in [0.29, 0.717) is 5.82 Å². The van der Waals surface area contributed by atoms with Crippen LogP contribution in [-0.2, 0) is 6.54 Å². The van der Waals surface area contributed by atoms with E-state index in [1.54, 1.807) is 11.3 Å². The summed E-state index contributed by atoms with van der Waals surface area (Å²) in [6.07, 6.45) is 0. The van der Waals surface area contributed by atoms with Gasteiger partial charge in [0, 0.05) is 28.1 Å². The molecular weight excluding hydrogens is 292 g/mol. The third kappa shape index (κ3) is 3.00. The van der Waals surface area contributed by atoms with Gasteiger partial charge >= 0.3 is 0 Å². The highest BCUT2D eigenvalue weighted by atomic mass is 35.5. The van der Waals surface area contributed by atoms with Crippen molar-refractivity contribution in [3.05, 3.63) is 51.4 Å². The van der Waals surface area contributed by atoms with Crippen molar-refractivity contribution in [3.63, 3.8) is 0 Å². The number of thiophene rings is 1. The molecule has 2 N–H and O–H groups in total. The minimum Gasteiger partial charge on any atom is -0.380 e. The Morgan fingerprint density at radius 1 is 1.35 bits per heavy atom. The van der Waals surface area contributed by atoms with Crippen LogP contribution in [0.5, 0.6) is 0 Å². The second-order valence-electron chi connectivity index (χ2n) is 4.41. The summed E-state index contributed by atoms with van der Waals surface area (Å²) in [5.41, 5.74) is 2.03. The van der Waals surface area contributed by atoms with Gasteiger partial charge in [0.05, 0.1) is 5.02 Å². The zero-order chi connectivity index (χ0) is 13.9. The van der Waals surface area contributed by atoms with Gasteiger partial charge < -0.3 is 5.32 Å². The average molecular weight is 305 g/mol. The lowest BCUT2D eigenvalue weighted by Crippen LogP contribution is -1.97. The highest BCUT2D eigenvalue weighted by Gasteiger charge is 2.04. The number of anilines is 1. The molecule has 0 amide bonds. The van der Waals surface area contributed by atoms with Crippen LogP contribution in [0.4, 0.5) is 5.69 Å². The fraction of sp³-hybridized carbons (Fsp3) is 0.143. The fourth-order valence-electron chi connectivity index (χ4n) is 1.88. The van der Waals surface area contributed by atoms with E-state index in [4.69, 9.17) is 11.6 Å². The van der Waals surface area contributed by atoms with Crippen LogP contribution in [0.3, 0.4) is 0 Å². The molecule has 0 unspecified atom stereocenters. The van der Waals surface area contributed by atoms with Crippen molar-refractivity contribution in [2.75, 3.05) is 5.32 Å². The van der Waals surface area contributed by atoms with E-state index in [1.807, 2.05) is 42.6 Å². The maximum atomic E-state index is 5.91. The largest absolute Gasteiger partial charge is 0.380 e. The van der Waals surface area contributed by atoms with Gasteiger partial charge in [-0.05, 0) is 25.1 Å². The lowest BCUT2D eigenvalue weighted by molar-refractivity contribution is 1.04. The van der Waals surface area contributed by atoms with Gasteiger partial charge in [-0.2, -0.15) is 5.10 Å². The molecule has 20 heavy (non-hydrogen) atoms. The number of hydrogen-bond acceptors (Lipinski definition) is 4. The van der Waals surface area contributed by atoms with Gasteiger partial charge in [0.1, 0.15) is 5.82 Å². The molecule has 3 rings (SSSR count). The van der Waals surface area contributed by atoms with Gasteiger partial charge in [0.2, 0.25) is 0 Å². The van der Waals surface area contributed by atoms with Crippen LogP contribution in [-0.4, -0.2) is 15.2 Å². The number of aromatic amines is 1. The van der Waals surface area contributed by atoms with Crippen LogP contribution in [0, 0.1) is 6.92 Å². The average Bonchev–Trinajstić information content (AvgIpc) is 3.06. The minimum absolute atomic E-state index is 0.713. The predicted molar refractivity (Wildman–Crippen MR) is 83.2 cm³/mol. The van der Waals surface area contributed by atoms with Crippen LogP contribution in [0.15, 0.2) is 35.7 Å². The molecule has 2 aromatic heterocycles. The zero-order valence-corrected chi connectivity index (χ0v) is 12.4. The number of H-pyrrole nitrogens is 1. The van der Waals surface area contributed by atoms with Gasteiger partial charge in [-0.25, -0.2) is 4.98 Å². The first-order valence-corrected chi connectivity index (χ1v) is 7.43. The molecule has 0 spiro atoms. The number of nitrogens with one attached hydrogen (secondary N) is 2. The Morgan fingerprint density at radius 2 is 2.25 bits per heavy atom.